The van der Waals surface area contributed by atoms with Gasteiger partial charge >= 0.3 is 16.2 Å². The van der Waals surface area contributed by atoms with E-state index in [9.17, 15) is 0 Å². The van der Waals surface area contributed by atoms with Gasteiger partial charge in [-0.15, -0.1) is 4.51 Å². The molecule has 2 unspecified atom stereocenters. The Hall–Kier alpha value is -4.33. The van der Waals surface area contributed by atoms with Crippen LogP contribution in [0.4, 0.5) is 5.69 Å². The molecular formula is C36H24Cl5N4O6P3. The molecule has 0 saturated heterocycles. The van der Waals surface area contributed by atoms with Gasteiger partial charge in [0.05, 0.1) is 25.1 Å². The van der Waals surface area contributed by atoms with Gasteiger partial charge in [0.15, 0.2) is 43.0 Å². The van der Waals surface area contributed by atoms with Crippen molar-refractivity contribution in [3.63, 3.8) is 0 Å². The van der Waals surface area contributed by atoms with Crippen molar-refractivity contribution in [2.45, 2.75) is 0 Å². The number of nitrogen functional groups attached to an aromatic ring is 1. The fourth-order valence-corrected chi connectivity index (χ4v) is 10.4. The number of nitrogens with two attached hydrogens (primary N) is 1. The first-order valence-electron chi connectivity index (χ1n) is 15.6. The summed E-state index contributed by atoms with van der Waals surface area (Å²) in [5, 5.41) is 1.75. The second kappa shape index (κ2) is 17.4. The maximum Gasteiger partial charge on any atom is 0.319 e. The third kappa shape index (κ3) is 8.79. The molecule has 0 saturated carbocycles. The second-order valence-electron chi connectivity index (χ2n) is 10.7. The zero-order valence-corrected chi connectivity index (χ0v) is 33.8. The van der Waals surface area contributed by atoms with Crippen LogP contribution in [0.3, 0.4) is 0 Å². The Labute approximate surface area is 337 Å². The van der Waals surface area contributed by atoms with E-state index in [-0.39, 0.29) is 37.2 Å². The van der Waals surface area contributed by atoms with Crippen LogP contribution in [0.2, 0.25) is 25.1 Å². The number of ether oxygens (including phenoxy) is 2. The van der Waals surface area contributed by atoms with Crippen molar-refractivity contribution in [2.75, 3.05) is 5.73 Å². The fraction of sp³-hybridized carbons (Fsp3) is 0. The Bertz CT molecular complexity index is 2490. The Morgan fingerprint density at radius 2 is 0.926 bits per heavy atom. The van der Waals surface area contributed by atoms with Crippen molar-refractivity contribution in [2.24, 2.45) is 0 Å². The number of rotatable bonds is 12. The van der Waals surface area contributed by atoms with Crippen LogP contribution in [0.15, 0.2) is 133 Å². The van der Waals surface area contributed by atoms with E-state index >= 15 is 0 Å². The van der Waals surface area contributed by atoms with Gasteiger partial charge in [-0.2, -0.15) is 0 Å². The third-order valence-corrected chi connectivity index (χ3v) is 13.3. The normalized spacial score (nSPS) is 11.6. The average Bonchev–Trinajstić information content (AvgIpc) is 3.17. The predicted molar refractivity (Wildman–Crippen MR) is 218 cm³/mol. The summed E-state index contributed by atoms with van der Waals surface area (Å²) in [6.45, 7) is 0. The highest BCUT2D eigenvalue weighted by atomic mass is 35.5. The van der Waals surface area contributed by atoms with E-state index in [1.54, 1.807) is 133 Å². The Morgan fingerprint density at radius 3 is 1.46 bits per heavy atom. The van der Waals surface area contributed by atoms with Crippen molar-refractivity contribution >= 4 is 88.4 Å². The van der Waals surface area contributed by atoms with E-state index in [2.05, 4.69) is 0 Å². The molecule has 2 N–H and O–H groups in total. The molecule has 18 heteroatoms. The third-order valence-electron chi connectivity index (χ3n) is 7.09. The molecule has 0 aliphatic heterocycles. The van der Waals surface area contributed by atoms with Gasteiger partial charge in [-0.1, -0.05) is 123 Å². The number of benzene rings is 6. The lowest BCUT2D eigenvalue weighted by Crippen LogP contribution is -2.14. The summed E-state index contributed by atoms with van der Waals surface area (Å²) < 4.78 is 33.3. The minimum Gasteiger partial charge on any atom is -0.452 e. The summed E-state index contributed by atoms with van der Waals surface area (Å²) in [5.74, 6) is 2.21. The van der Waals surface area contributed by atoms with Crippen LogP contribution in [0.5, 0.6) is 46.0 Å². The molecule has 274 valence electrons. The zero-order chi connectivity index (χ0) is 37.6. The highest BCUT2D eigenvalue weighted by Crippen LogP contribution is 2.50. The molecule has 1 aromatic heterocycles. The van der Waals surface area contributed by atoms with Crippen LogP contribution in [0.25, 0.3) is 0 Å². The highest BCUT2D eigenvalue weighted by Gasteiger charge is 2.25. The number of halogens is 5. The molecular weight excluding hydrogens is 855 g/mol. The lowest BCUT2D eigenvalue weighted by atomic mass is 10.2. The number of para-hydroxylation sites is 5. The van der Waals surface area contributed by atoms with E-state index < -0.39 is 16.2 Å². The van der Waals surface area contributed by atoms with Crippen LogP contribution < -0.4 is 33.9 Å². The second-order valence-corrected chi connectivity index (χ2v) is 17.1. The number of aromatic nitrogens is 3. The predicted octanol–water partition coefficient (Wildman–Crippen LogP) is 14.2. The molecule has 0 fully saturated rings. The van der Waals surface area contributed by atoms with Crippen molar-refractivity contribution in [1.29, 1.82) is 0 Å². The van der Waals surface area contributed by atoms with E-state index in [0.29, 0.717) is 48.1 Å². The summed E-state index contributed by atoms with van der Waals surface area (Å²) in [7, 11) is -3.95. The molecule has 0 aliphatic carbocycles. The van der Waals surface area contributed by atoms with Crippen molar-refractivity contribution < 1.29 is 28.2 Å². The summed E-state index contributed by atoms with van der Waals surface area (Å²) in [6, 6.07) is 38.1. The van der Waals surface area contributed by atoms with Gasteiger partial charge in [-0.3, -0.25) is 0 Å². The van der Waals surface area contributed by atoms with Gasteiger partial charge in [0.25, 0.3) is 0 Å². The summed E-state index contributed by atoms with van der Waals surface area (Å²) in [5.41, 5.74) is 6.89. The topological polar surface area (TPSA) is 104 Å². The summed E-state index contributed by atoms with van der Waals surface area (Å²) in [6.07, 6.45) is 0. The first-order valence-corrected chi connectivity index (χ1v) is 20.6. The highest BCUT2D eigenvalue weighted by molar-refractivity contribution is 7.56. The molecule has 6 aromatic carbocycles. The molecule has 1 heterocycles. The van der Waals surface area contributed by atoms with Crippen LogP contribution in [-0.4, -0.2) is 13.0 Å². The minimum atomic E-state index is -2.11. The smallest absolute Gasteiger partial charge is 0.319 e. The van der Waals surface area contributed by atoms with Crippen LogP contribution in [-0.2, 0) is 0 Å². The van der Waals surface area contributed by atoms with Crippen molar-refractivity contribution in [3.8, 4) is 46.0 Å². The molecule has 0 amide bonds. The SMILES string of the molecule is Nc1c(Op2npn(Oc3ccccc3Cl)p(Oc3ccccc3Cl)n2Oc2ccccc2Cl)ccc(Oc2ccccc2Cl)c1Oc1ccccc1Cl. The Morgan fingerprint density at radius 1 is 0.481 bits per heavy atom. The first-order chi connectivity index (χ1) is 26.2. The monoisotopic (exact) mass is 876 g/mol. The number of hydrogen-bond donors (Lipinski definition) is 1. The van der Waals surface area contributed by atoms with Gasteiger partial charge in [-0.25, -0.2) is 0 Å². The van der Waals surface area contributed by atoms with Crippen LogP contribution in [0, 0.1) is 0 Å². The van der Waals surface area contributed by atoms with Gasteiger partial charge in [-0.05, 0) is 77.1 Å². The quantitative estimate of drug-likeness (QED) is 0.121. The van der Waals surface area contributed by atoms with Crippen molar-refractivity contribution in [3.05, 3.63) is 159 Å². The maximum atomic E-state index is 6.82. The molecule has 54 heavy (non-hydrogen) atoms. The molecule has 10 nitrogen and oxygen atoms in total. The first kappa shape index (κ1) is 38.0. The molecule has 0 aliphatic rings. The van der Waals surface area contributed by atoms with E-state index in [1.807, 2.05) is 0 Å². The fourth-order valence-electron chi connectivity index (χ4n) is 4.53. The molecule has 7 rings (SSSR count). The zero-order valence-electron chi connectivity index (χ0n) is 27.3. The van der Waals surface area contributed by atoms with Gasteiger partial charge < -0.3 is 33.9 Å². The Kier molecular flexibility index (Phi) is 12.3. The van der Waals surface area contributed by atoms with Gasteiger partial charge in [0, 0.05) is 0 Å². The molecule has 0 bridgehead atoms. The molecule has 0 spiro atoms. The van der Waals surface area contributed by atoms with Crippen LogP contribution in [0.1, 0.15) is 0 Å². The van der Waals surface area contributed by atoms with E-state index in [0.717, 1.165) is 0 Å². The summed E-state index contributed by atoms with van der Waals surface area (Å²) >= 11 is 32.6. The molecule has 7 aromatic rings. The van der Waals surface area contributed by atoms with Gasteiger partial charge in [0.1, 0.15) is 17.2 Å². The number of anilines is 1. The lowest BCUT2D eigenvalue weighted by Gasteiger charge is -2.22. The Balaban J connectivity index is 1.38. The van der Waals surface area contributed by atoms with Gasteiger partial charge in [0.2, 0.25) is 0 Å². The maximum absolute atomic E-state index is 6.82. The summed E-state index contributed by atoms with van der Waals surface area (Å²) in [4.78, 5) is 12.8. The molecule has 2 atom stereocenters. The number of hydrogen-bond acceptors (Lipinski definition) is 8. The van der Waals surface area contributed by atoms with E-state index in [4.69, 9.17) is 96.4 Å². The minimum absolute atomic E-state index is 0.0673. The van der Waals surface area contributed by atoms with Crippen molar-refractivity contribution in [1.82, 2.24) is 13.0 Å². The van der Waals surface area contributed by atoms with Crippen LogP contribution >= 0.6 is 82.7 Å². The van der Waals surface area contributed by atoms with E-state index in [1.165, 1.54) is 8.51 Å². The largest absolute Gasteiger partial charge is 0.452 e. The lowest BCUT2D eigenvalue weighted by molar-refractivity contribution is 0.232. The molecule has 0 radical (unpaired) electrons. The average molecular weight is 879 g/mol. The number of nitrogens with zero attached hydrogens (tertiary/aromatic N) is 3. The standard InChI is InChI=1S/C36H24Cl5N4O6P3/c37-23-11-1-6-16-28(23)46-34-22-21-33(35(42)36(34)47-29-17-7-2-12-24(29)38)50-53-43-52-44(48-30-18-8-3-13-25(30)39)54(51-32-20-10-5-15-27(32)41)45(53)49-31-19-9-4-14-26(31)40/h1-22H,42H2.